The molecule has 2 amide bonds. The van der Waals surface area contributed by atoms with Gasteiger partial charge in [-0.2, -0.15) is 0 Å². The molecule has 1 N–H and O–H groups in total. The van der Waals surface area contributed by atoms with Crippen molar-refractivity contribution < 1.29 is 9.59 Å². The second kappa shape index (κ2) is 7.16. The van der Waals surface area contributed by atoms with Crippen molar-refractivity contribution in [3.8, 4) is 0 Å². The lowest BCUT2D eigenvalue weighted by Crippen LogP contribution is -2.43. The zero-order chi connectivity index (χ0) is 17.0. The fraction of sp³-hybridized carbons (Fsp3) is 0.579. The smallest absolute Gasteiger partial charge is 0.253 e. The van der Waals surface area contributed by atoms with Gasteiger partial charge in [0.05, 0.1) is 0 Å². The maximum atomic E-state index is 12.7. The number of rotatable bonds is 3. The molecule has 4 heteroatoms. The molecule has 1 aromatic carbocycles. The Bertz CT molecular complexity index is 558. The van der Waals surface area contributed by atoms with Crippen LogP contribution in [-0.2, 0) is 10.2 Å². The number of hydrogen-bond donors (Lipinski definition) is 1. The third-order valence-corrected chi connectivity index (χ3v) is 4.44. The van der Waals surface area contributed by atoms with Crippen LogP contribution in [0.15, 0.2) is 24.3 Å². The average molecular weight is 316 g/mol. The third-order valence-electron chi connectivity index (χ3n) is 4.44. The molecule has 126 valence electrons. The van der Waals surface area contributed by atoms with Crippen molar-refractivity contribution in [2.45, 2.75) is 46.0 Å². The first kappa shape index (κ1) is 17.5. The van der Waals surface area contributed by atoms with Gasteiger partial charge in [-0.05, 0) is 41.9 Å². The number of benzene rings is 1. The van der Waals surface area contributed by atoms with Gasteiger partial charge in [-0.3, -0.25) is 9.59 Å². The van der Waals surface area contributed by atoms with Gasteiger partial charge in [-0.15, -0.1) is 0 Å². The number of piperidine rings is 1. The molecule has 2 rings (SSSR count). The van der Waals surface area contributed by atoms with E-state index < -0.39 is 0 Å². The van der Waals surface area contributed by atoms with Crippen molar-refractivity contribution in [3.63, 3.8) is 0 Å². The lowest BCUT2D eigenvalue weighted by Gasteiger charge is -2.33. The first-order chi connectivity index (χ1) is 10.8. The minimum Gasteiger partial charge on any atom is -0.356 e. The quantitative estimate of drug-likeness (QED) is 0.932. The molecule has 0 saturated carbocycles. The topological polar surface area (TPSA) is 49.4 Å². The third kappa shape index (κ3) is 4.81. The highest BCUT2D eigenvalue weighted by molar-refractivity contribution is 5.94. The summed E-state index contributed by atoms with van der Waals surface area (Å²) in [5, 5.41) is 2.86. The van der Waals surface area contributed by atoms with Gasteiger partial charge >= 0.3 is 0 Å². The summed E-state index contributed by atoms with van der Waals surface area (Å²) in [5.74, 6) is 0.439. The zero-order valence-electron chi connectivity index (χ0n) is 14.7. The molecule has 1 fully saturated rings. The van der Waals surface area contributed by atoms with E-state index in [4.69, 9.17) is 0 Å². The van der Waals surface area contributed by atoms with Crippen LogP contribution in [0.25, 0.3) is 0 Å². The summed E-state index contributed by atoms with van der Waals surface area (Å²) < 4.78 is 0. The molecule has 1 aliphatic rings. The van der Waals surface area contributed by atoms with Gasteiger partial charge < -0.3 is 10.2 Å². The molecule has 0 spiro atoms. The largest absolute Gasteiger partial charge is 0.356 e. The molecule has 1 atom stereocenters. The van der Waals surface area contributed by atoms with Crippen LogP contribution in [0.3, 0.4) is 0 Å². The van der Waals surface area contributed by atoms with Gasteiger partial charge in [0.2, 0.25) is 5.91 Å². The molecule has 4 nitrogen and oxygen atoms in total. The van der Waals surface area contributed by atoms with Crippen LogP contribution in [0, 0.1) is 5.92 Å². The van der Waals surface area contributed by atoms with Crippen molar-refractivity contribution in [1.82, 2.24) is 10.2 Å². The molecule has 1 aliphatic heterocycles. The summed E-state index contributed by atoms with van der Waals surface area (Å²) >= 11 is 0. The first-order valence-corrected chi connectivity index (χ1v) is 8.41. The molecule has 0 aliphatic carbocycles. The Morgan fingerprint density at radius 1 is 1.22 bits per heavy atom. The lowest BCUT2D eigenvalue weighted by atomic mass is 9.86. The number of carbonyl (C=O) groups excluding carboxylic acids is 2. The van der Waals surface area contributed by atoms with E-state index in [0.717, 1.165) is 31.5 Å². The Morgan fingerprint density at radius 3 is 2.43 bits per heavy atom. The minimum absolute atomic E-state index is 0.00813. The van der Waals surface area contributed by atoms with Crippen LogP contribution in [0.1, 0.15) is 56.5 Å². The Labute approximate surface area is 139 Å². The van der Waals surface area contributed by atoms with Gasteiger partial charge in [0.1, 0.15) is 0 Å². The van der Waals surface area contributed by atoms with Crippen LogP contribution in [0.5, 0.6) is 0 Å². The molecular weight excluding hydrogens is 288 g/mol. The van der Waals surface area contributed by atoms with E-state index in [1.54, 1.807) is 0 Å². The molecule has 23 heavy (non-hydrogen) atoms. The first-order valence-electron chi connectivity index (χ1n) is 8.41. The number of likely N-dealkylation sites (tertiary alicyclic amines) is 1. The Kier molecular flexibility index (Phi) is 5.45. The van der Waals surface area contributed by atoms with Crippen LogP contribution in [-0.4, -0.2) is 36.3 Å². The van der Waals surface area contributed by atoms with Gasteiger partial charge in [-0.1, -0.05) is 32.9 Å². The highest BCUT2D eigenvalue weighted by Crippen LogP contribution is 2.23. The van der Waals surface area contributed by atoms with Crippen molar-refractivity contribution in [1.29, 1.82) is 0 Å². The highest BCUT2D eigenvalue weighted by atomic mass is 16.2. The number of nitrogens with zero attached hydrogens (tertiary/aromatic N) is 1. The van der Waals surface area contributed by atoms with Gasteiger partial charge in [0.25, 0.3) is 5.91 Å². The summed E-state index contributed by atoms with van der Waals surface area (Å²) in [6.45, 7) is 10.2. The highest BCUT2D eigenvalue weighted by Gasteiger charge is 2.25. The van der Waals surface area contributed by atoms with E-state index in [-0.39, 0.29) is 17.2 Å². The van der Waals surface area contributed by atoms with Gasteiger partial charge in [0.15, 0.2) is 0 Å². The molecule has 0 unspecified atom stereocenters. The summed E-state index contributed by atoms with van der Waals surface area (Å²) in [7, 11) is 0. The van der Waals surface area contributed by atoms with E-state index in [1.807, 2.05) is 29.2 Å². The maximum Gasteiger partial charge on any atom is 0.253 e. The van der Waals surface area contributed by atoms with Crippen LogP contribution >= 0.6 is 0 Å². The Balaban J connectivity index is 2.00. The SMILES string of the molecule is CC(=O)NC[C@H]1CCCN(C(=O)c2ccc(C(C)(C)C)cc2)C1. The summed E-state index contributed by atoms with van der Waals surface area (Å²) in [6.07, 6.45) is 2.06. The van der Waals surface area contributed by atoms with E-state index in [1.165, 1.54) is 12.5 Å². The monoisotopic (exact) mass is 316 g/mol. The van der Waals surface area contributed by atoms with Gasteiger partial charge in [-0.25, -0.2) is 0 Å². The molecule has 0 aromatic heterocycles. The van der Waals surface area contributed by atoms with Crippen LogP contribution in [0.4, 0.5) is 0 Å². The van der Waals surface area contributed by atoms with E-state index >= 15 is 0 Å². The van der Waals surface area contributed by atoms with Gasteiger partial charge in [0, 0.05) is 32.1 Å². The molecule has 1 aromatic rings. The molecular formula is C19H28N2O2. The maximum absolute atomic E-state index is 12.7. The van der Waals surface area contributed by atoms with Crippen molar-refractivity contribution in [2.75, 3.05) is 19.6 Å². The van der Waals surface area contributed by atoms with Crippen molar-refractivity contribution in [3.05, 3.63) is 35.4 Å². The standard InChI is InChI=1S/C19H28N2O2/c1-14(22)20-12-15-6-5-11-21(13-15)18(23)16-7-9-17(10-8-16)19(2,3)4/h7-10,15H,5-6,11-13H2,1-4H3,(H,20,22)/t15-/m1/s1. The second-order valence-electron chi connectivity index (χ2n) is 7.52. The number of nitrogens with one attached hydrogen (secondary N) is 1. The Morgan fingerprint density at radius 2 is 1.87 bits per heavy atom. The van der Waals surface area contributed by atoms with Crippen LogP contribution in [0.2, 0.25) is 0 Å². The number of hydrogen-bond acceptors (Lipinski definition) is 2. The molecule has 1 heterocycles. The van der Waals surface area contributed by atoms with E-state index in [0.29, 0.717) is 12.5 Å². The number of amides is 2. The summed E-state index contributed by atoms with van der Waals surface area (Å²) in [5.41, 5.74) is 2.07. The summed E-state index contributed by atoms with van der Waals surface area (Å²) in [6, 6.07) is 7.96. The molecule has 0 radical (unpaired) electrons. The normalized spacial score (nSPS) is 18.6. The summed E-state index contributed by atoms with van der Waals surface area (Å²) in [4.78, 5) is 25.6. The zero-order valence-corrected chi connectivity index (χ0v) is 14.7. The van der Waals surface area contributed by atoms with Crippen molar-refractivity contribution in [2.24, 2.45) is 5.92 Å². The predicted octanol–water partition coefficient (Wildman–Crippen LogP) is 2.97. The van der Waals surface area contributed by atoms with E-state index in [9.17, 15) is 9.59 Å². The van der Waals surface area contributed by atoms with E-state index in [2.05, 4.69) is 26.1 Å². The molecule has 0 bridgehead atoms. The fourth-order valence-corrected chi connectivity index (χ4v) is 3.00. The van der Waals surface area contributed by atoms with Crippen LogP contribution < -0.4 is 5.32 Å². The molecule has 1 saturated heterocycles. The fourth-order valence-electron chi connectivity index (χ4n) is 3.00. The average Bonchev–Trinajstić information content (AvgIpc) is 2.52. The minimum atomic E-state index is -0.00813. The van der Waals surface area contributed by atoms with Crippen molar-refractivity contribution >= 4 is 11.8 Å². The lowest BCUT2D eigenvalue weighted by molar-refractivity contribution is -0.119. The Hall–Kier alpha value is -1.84. The second-order valence-corrected chi connectivity index (χ2v) is 7.52. The number of carbonyl (C=O) groups is 2. The predicted molar refractivity (Wildman–Crippen MR) is 92.5 cm³/mol.